The number of nitrogens with one attached hydrogen (secondary N) is 1. The van der Waals surface area contributed by atoms with Crippen LogP contribution in [0.25, 0.3) is 0 Å². The van der Waals surface area contributed by atoms with Gasteiger partial charge in [0.2, 0.25) is 0 Å². The number of benzene rings is 1. The topological polar surface area (TPSA) is 41.5 Å². The first-order valence-electron chi connectivity index (χ1n) is 5.64. The zero-order chi connectivity index (χ0) is 12.1. The van der Waals surface area contributed by atoms with Gasteiger partial charge in [-0.3, -0.25) is 0 Å². The number of methoxy groups -OCH3 is 1. The highest BCUT2D eigenvalue weighted by Crippen LogP contribution is 2.34. The second kappa shape index (κ2) is 5.75. The Labute approximate surface area is 97.4 Å². The van der Waals surface area contributed by atoms with Gasteiger partial charge in [0.05, 0.1) is 7.11 Å². The third-order valence-corrected chi connectivity index (χ3v) is 2.68. The van der Waals surface area contributed by atoms with E-state index in [1.807, 2.05) is 7.05 Å². The fraction of sp³-hybridized carbons (Fsp3) is 0.538. The Morgan fingerprint density at radius 1 is 1.38 bits per heavy atom. The van der Waals surface area contributed by atoms with Gasteiger partial charge in [0.1, 0.15) is 0 Å². The molecule has 2 N–H and O–H groups in total. The van der Waals surface area contributed by atoms with E-state index in [4.69, 9.17) is 4.74 Å². The summed E-state index contributed by atoms with van der Waals surface area (Å²) in [6.45, 7) is 5.10. The molecule has 0 radical (unpaired) electrons. The number of aromatic hydroxyl groups is 1. The second-order valence-corrected chi connectivity index (χ2v) is 4.24. The van der Waals surface area contributed by atoms with E-state index in [-0.39, 0.29) is 5.75 Å². The Morgan fingerprint density at radius 3 is 2.56 bits per heavy atom. The van der Waals surface area contributed by atoms with E-state index >= 15 is 0 Å². The Hall–Kier alpha value is -1.22. The largest absolute Gasteiger partial charge is 0.504 e. The Kier molecular flexibility index (Phi) is 4.62. The molecular formula is C13H21NO2. The van der Waals surface area contributed by atoms with Crippen molar-refractivity contribution in [1.29, 1.82) is 0 Å². The van der Waals surface area contributed by atoms with Gasteiger partial charge in [-0.2, -0.15) is 0 Å². The number of likely N-dealkylation sites (N-methyl/N-ethyl adjacent to an activating group) is 1. The molecule has 0 aliphatic heterocycles. The van der Waals surface area contributed by atoms with Crippen molar-refractivity contribution in [3.05, 3.63) is 23.3 Å². The van der Waals surface area contributed by atoms with Gasteiger partial charge < -0.3 is 15.2 Å². The molecule has 0 aromatic heterocycles. The number of phenols is 1. The first kappa shape index (κ1) is 12.8. The first-order valence-corrected chi connectivity index (χ1v) is 5.64. The fourth-order valence-corrected chi connectivity index (χ4v) is 1.71. The molecule has 0 aliphatic rings. The smallest absolute Gasteiger partial charge is 0.163 e. The van der Waals surface area contributed by atoms with Crippen LogP contribution in [0.5, 0.6) is 11.5 Å². The molecule has 0 amide bonds. The predicted molar refractivity (Wildman–Crippen MR) is 66.4 cm³/mol. The minimum Gasteiger partial charge on any atom is -0.504 e. The Balaban J connectivity index is 3.09. The van der Waals surface area contributed by atoms with E-state index < -0.39 is 0 Å². The monoisotopic (exact) mass is 223 g/mol. The summed E-state index contributed by atoms with van der Waals surface area (Å²) in [6, 6.07) is 3.90. The zero-order valence-corrected chi connectivity index (χ0v) is 10.5. The highest BCUT2D eigenvalue weighted by atomic mass is 16.5. The lowest BCUT2D eigenvalue weighted by Gasteiger charge is -2.14. The van der Waals surface area contributed by atoms with Crippen molar-refractivity contribution in [2.45, 2.75) is 26.2 Å². The van der Waals surface area contributed by atoms with Crippen LogP contribution in [0.1, 0.15) is 30.9 Å². The van der Waals surface area contributed by atoms with Crippen LogP contribution in [-0.2, 0) is 6.42 Å². The molecule has 1 aromatic carbocycles. The zero-order valence-electron chi connectivity index (χ0n) is 10.5. The van der Waals surface area contributed by atoms with Gasteiger partial charge in [0.25, 0.3) is 0 Å². The third-order valence-electron chi connectivity index (χ3n) is 2.68. The van der Waals surface area contributed by atoms with Gasteiger partial charge >= 0.3 is 0 Å². The molecule has 1 rings (SSSR count). The summed E-state index contributed by atoms with van der Waals surface area (Å²) in [4.78, 5) is 0. The van der Waals surface area contributed by atoms with Gasteiger partial charge in [-0.1, -0.05) is 19.9 Å². The van der Waals surface area contributed by atoms with Crippen molar-refractivity contribution in [1.82, 2.24) is 5.32 Å². The maximum absolute atomic E-state index is 9.87. The third kappa shape index (κ3) is 2.89. The molecular weight excluding hydrogens is 202 g/mol. The summed E-state index contributed by atoms with van der Waals surface area (Å²) in [6.07, 6.45) is 0.855. The summed E-state index contributed by atoms with van der Waals surface area (Å²) >= 11 is 0. The molecule has 0 unspecified atom stereocenters. The number of rotatable bonds is 5. The van der Waals surface area contributed by atoms with Gasteiger partial charge in [-0.05, 0) is 43.1 Å². The van der Waals surface area contributed by atoms with Crippen LogP contribution in [-0.4, -0.2) is 25.8 Å². The van der Waals surface area contributed by atoms with Crippen LogP contribution < -0.4 is 10.1 Å². The molecule has 0 spiro atoms. The summed E-state index contributed by atoms with van der Waals surface area (Å²) < 4.78 is 5.23. The molecule has 0 saturated carbocycles. The Morgan fingerprint density at radius 2 is 2.06 bits per heavy atom. The van der Waals surface area contributed by atoms with Crippen LogP contribution >= 0.6 is 0 Å². The molecule has 0 heterocycles. The lowest BCUT2D eigenvalue weighted by molar-refractivity contribution is 0.368. The minimum atomic E-state index is 0.236. The van der Waals surface area contributed by atoms with E-state index in [1.54, 1.807) is 13.2 Å². The van der Waals surface area contributed by atoms with Gasteiger partial charge in [0, 0.05) is 0 Å². The lowest BCUT2D eigenvalue weighted by atomic mass is 9.98. The van der Waals surface area contributed by atoms with Crippen LogP contribution in [0.15, 0.2) is 12.1 Å². The van der Waals surface area contributed by atoms with E-state index in [9.17, 15) is 5.11 Å². The first-order chi connectivity index (χ1) is 7.60. The molecule has 3 nitrogen and oxygen atoms in total. The maximum atomic E-state index is 9.87. The average Bonchev–Trinajstić information content (AvgIpc) is 2.25. The molecule has 0 bridgehead atoms. The molecule has 0 fully saturated rings. The molecule has 1 aromatic rings. The van der Waals surface area contributed by atoms with E-state index in [1.165, 1.54) is 0 Å². The van der Waals surface area contributed by atoms with Crippen molar-refractivity contribution in [3.63, 3.8) is 0 Å². The summed E-state index contributed by atoms with van der Waals surface area (Å²) in [5.74, 6) is 1.24. The summed E-state index contributed by atoms with van der Waals surface area (Å²) in [5, 5.41) is 13.0. The number of phenolic OH excluding ortho intramolecular Hbond substituents is 1. The molecule has 0 saturated heterocycles. The molecule has 16 heavy (non-hydrogen) atoms. The van der Waals surface area contributed by atoms with Gasteiger partial charge in [0.15, 0.2) is 11.5 Å². The van der Waals surface area contributed by atoms with E-state index in [0.717, 1.165) is 24.1 Å². The van der Waals surface area contributed by atoms with Crippen molar-refractivity contribution >= 4 is 0 Å². The standard InChI is InChI=1S/C13H21NO2/c1-9(2)11-7-10(5-6-14-3)13(16-4)12(15)8-11/h7-9,14-15H,5-6H2,1-4H3. The van der Waals surface area contributed by atoms with Gasteiger partial charge in [-0.15, -0.1) is 0 Å². The molecule has 90 valence electrons. The number of ether oxygens (including phenoxy) is 1. The van der Waals surface area contributed by atoms with Crippen molar-refractivity contribution in [2.24, 2.45) is 0 Å². The predicted octanol–water partition coefficient (Wildman–Crippen LogP) is 2.29. The molecule has 0 atom stereocenters. The summed E-state index contributed by atoms with van der Waals surface area (Å²) in [7, 11) is 3.51. The maximum Gasteiger partial charge on any atom is 0.163 e. The highest BCUT2D eigenvalue weighted by molar-refractivity contribution is 5.49. The van der Waals surface area contributed by atoms with Crippen LogP contribution in [0.3, 0.4) is 0 Å². The van der Waals surface area contributed by atoms with Crippen molar-refractivity contribution < 1.29 is 9.84 Å². The van der Waals surface area contributed by atoms with Crippen molar-refractivity contribution in [2.75, 3.05) is 20.7 Å². The van der Waals surface area contributed by atoms with Crippen LogP contribution in [0, 0.1) is 0 Å². The van der Waals surface area contributed by atoms with Crippen LogP contribution in [0.4, 0.5) is 0 Å². The quantitative estimate of drug-likeness (QED) is 0.804. The normalized spacial score (nSPS) is 10.8. The molecule has 0 aliphatic carbocycles. The Bertz CT molecular complexity index is 348. The average molecular weight is 223 g/mol. The lowest BCUT2D eigenvalue weighted by Crippen LogP contribution is -2.11. The van der Waals surface area contributed by atoms with E-state index in [0.29, 0.717) is 11.7 Å². The van der Waals surface area contributed by atoms with Crippen LogP contribution in [0.2, 0.25) is 0 Å². The number of hydrogen-bond acceptors (Lipinski definition) is 3. The van der Waals surface area contributed by atoms with E-state index in [2.05, 4.69) is 25.2 Å². The number of hydrogen-bond donors (Lipinski definition) is 2. The minimum absolute atomic E-state index is 0.236. The van der Waals surface area contributed by atoms with Crippen molar-refractivity contribution in [3.8, 4) is 11.5 Å². The van der Waals surface area contributed by atoms with Gasteiger partial charge in [-0.25, -0.2) is 0 Å². The second-order valence-electron chi connectivity index (χ2n) is 4.24. The SMILES string of the molecule is CNCCc1cc(C(C)C)cc(O)c1OC. The highest BCUT2D eigenvalue weighted by Gasteiger charge is 2.12. The summed E-state index contributed by atoms with van der Waals surface area (Å²) in [5.41, 5.74) is 2.20. The fourth-order valence-electron chi connectivity index (χ4n) is 1.71. The molecule has 3 heteroatoms.